The molecule has 0 amide bonds. The number of hydrogen-bond acceptors (Lipinski definition) is 3. The molecule has 2 aromatic heterocycles. The van der Waals surface area contributed by atoms with E-state index in [1.54, 1.807) is 34.9 Å². The zero-order valence-corrected chi connectivity index (χ0v) is 16.9. The largest absolute Gasteiger partial charge is 0.337 e. The molecular formula is C22H16ClFN2O2S. The van der Waals surface area contributed by atoms with Crippen LogP contribution in [0.3, 0.4) is 0 Å². The second-order valence-electron chi connectivity index (χ2n) is 7.12. The van der Waals surface area contributed by atoms with Gasteiger partial charge in [0.15, 0.2) is 0 Å². The number of aryl methyl sites for hydroxylation is 2. The standard InChI is InChI=1S/C22H16ClFN2O2S/c23-17-11-14(24)10-9-13(17)12-25-21-19(16-7-4-8-18(16)29-21)20(27)26(22(25)28)15-5-2-1-3-6-15/h1-3,5-6,9-11H,4,7-8,12H2. The summed E-state index contributed by atoms with van der Waals surface area (Å²) >= 11 is 7.73. The van der Waals surface area contributed by atoms with Crippen molar-refractivity contribution in [1.29, 1.82) is 0 Å². The summed E-state index contributed by atoms with van der Waals surface area (Å²) in [5.74, 6) is -0.430. The molecule has 4 aromatic rings. The average Bonchev–Trinajstić information content (AvgIpc) is 3.29. The summed E-state index contributed by atoms with van der Waals surface area (Å²) in [7, 11) is 0. The number of halogens is 2. The third-order valence-electron chi connectivity index (χ3n) is 5.34. The Kier molecular flexibility index (Phi) is 4.41. The number of benzene rings is 2. The summed E-state index contributed by atoms with van der Waals surface area (Å²) in [6, 6.07) is 13.1. The van der Waals surface area contributed by atoms with Crippen LogP contribution in [0, 0.1) is 5.82 Å². The molecule has 5 rings (SSSR count). The Hall–Kier alpha value is -2.70. The number of rotatable bonds is 3. The van der Waals surface area contributed by atoms with Gasteiger partial charge in [-0.2, -0.15) is 0 Å². The fraction of sp³-hybridized carbons (Fsp3) is 0.182. The summed E-state index contributed by atoms with van der Waals surface area (Å²) in [5.41, 5.74) is 1.51. The number of para-hydroxylation sites is 1. The fourth-order valence-corrected chi connectivity index (χ4v) is 5.57. The summed E-state index contributed by atoms with van der Waals surface area (Å²) in [6.45, 7) is 0.168. The molecule has 0 unspecified atom stereocenters. The van der Waals surface area contributed by atoms with Crippen LogP contribution in [-0.2, 0) is 19.4 Å². The van der Waals surface area contributed by atoms with E-state index in [-0.39, 0.29) is 17.1 Å². The van der Waals surface area contributed by atoms with E-state index in [1.807, 2.05) is 6.07 Å². The van der Waals surface area contributed by atoms with Crippen molar-refractivity contribution < 1.29 is 4.39 Å². The molecule has 0 saturated carbocycles. The van der Waals surface area contributed by atoms with Crippen LogP contribution in [0.1, 0.15) is 22.4 Å². The molecule has 0 radical (unpaired) electrons. The first-order valence-electron chi connectivity index (χ1n) is 9.34. The van der Waals surface area contributed by atoms with Crippen molar-refractivity contribution in [3.63, 3.8) is 0 Å². The van der Waals surface area contributed by atoms with Crippen LogP contribution < -0.4 is 11.2 Å². The van der Waals surface area contributed by atoms with E-state index in [9.17, 15) is 14.0 Å². The van der Waals surface area contributed by atoms with Gasteiger partial charge in [-0.15, -0.1) is 11.3 Å². The molecule has 146 valence electrons. The van der Waals surface area contributed by atoms with E-state index in [2.05, 4.69) is 0 Å². The first kappa shape index (κ1) is 18.3. The van der Waals surface area contributed by atoms with Gasteiger partial charge in [-0.1, -0.05) is 35.9 Å². The molecule has 1 aliphatic carbocycles. The van der Waals surface area contributed by atoms with Gasteiger partial charge in [0, 0.05) is 9.90 Å². The molecule has 0 N–H and O–H groups in total. The molecule has 1 aliphatic rings. The van der Waals surface area contributed by atoms with E-state index in [1.165, 1.54) is 32.9 Å². The number of thiophene rings is 1. The molecule has 0 saturated heterocycles. The Morgan fingerprint density at radius 3 is 2.62 bits per heavy atom. The summed E-state index contributed by atoms with van der Waals surface area (Å²) in [5, 5.41) is 0.871. The van der Waals surface area contributed by atoms with Crippen LogP contribution in [0.25, 0.3) is 15.9 Å². The SMILES string of the molecule is O=c1c2c3c(sc2n(Cc2ccc(F)cc2Cl)c(=O)n1-c1ccccc1)CCC3. The molecule has 4 nitrogen and oxygen atoms in total. The van der Waals surface area contributed by atoms with Crippen molar-refractivity contribution in [2.24, 2.45) is 0 Å². The van der Waals surface area contributed by atoms with Gasteiger partial charge in [0.1, 0.15) is 10.6 Å². The highest BCUT2D eigenvalue weighted by Gasteiger charge is 2.25. The first-order valence-corrected chi connectivity index (χ1v) is 10.5. The molecule has 0 bridgehead atoms. The lowest BCUT2D eigenvalue weighted by molar-refractivity contribution is 0.626. The van der Waals surface area contributed by atoms with E-state index < -0.39 is 11.5 Å². The fourth-order valence-electron chi connectivity index (χ4n) is 3.97. The van der Waals surface area contributed by atoms with E-state index in [4.69, 9.17) is 11.6 Å². The number of fused-ring (bicyclic) bond motifs is 3. The number of nitrogens with zero attached hydrogens (tertiary/aromatic N) is 2. The Morgan fingerprint density at radius 2 is 1.86 bits per heavy atom. The molecule has 2 aromatic carbocycles. The minimum atomic E-state index is -0.430. The lowest BCUT2D eigenvalue weighted by atomic mass is 10.2. The Morgan fingerprint density at radius 1 is 1.07 bits per heavy atom. The van der Waals surface area contributed by atoms with Crippen LogP contribution in [0.15, 0.2) is 58.1 Å². The Labute approximate surface area is 174 Å². The second kappa shape index (κ2) is 6.97. The van der Waals surface area contributed by atoms with Crippen molar-refractivity contribution in [2.75, 3.05) is 0 Å². The first-order chi connectivity index (χ1) is 14.0. The maximum Gasteiger partial charge on any atom is 0.337 e. The molecular weight excluding hydrogens is 411 g/mol. The molecule has 0 fully saturated rings. The predicted octanol–water partition coefficient (Wildman–Crippen LogP) is 4.54. The quantitative estimate of drug-likeness (QED) is 0.482. The van der Waals surface area contributed by atoms with Crippen LogP contribution in [0.4, 0.5) is 4.39 Å². The molecule has 7 heteroatoms. The average molecular weight is 427 g/mol. The van der Waals surface area contributed by atoms with Crippen molar-refractivity contribution >= 4 is 33.2 Å². The van der Waals surface area contributed by atoms with Crippen LogP contribution >= 0.6 is 22.9 Å². The molecule has 0 atom stereocenters. The molecule has 29 heavy (non-hydrogen) atoms. The minimum Gasteiger partial charge on any atom is -0.279 e. The zero-order valence-electron chi connectivity index (χ0n) is 15.3. The van der Waals surface area contributed by atoms with Crippen molar-refractivity contribution in [1.82, 2.24) is 9.13 Å². The van der Waals surface area contributed by atoms with Crippen molar-refractivity contribution in [3.8, 4) is 5.69 Å². The van der Waals surface area contributed by atoms with E-state index in [0.717, 1.165) is 24.8 Å². The maximum atomic E-state index is 13.5. The van der Waals surface area contributed by atoms with E-state index >= 15 is 0 Å². The maximum absolute atomic E-state index is 13.5. The lowest BCUT2D eigenvalue weighted by Crippen LogP contribution is -2.39. The lowest BCUT2D eigenvalue weighted by Gasteiger charge is -2.13. The Bertz CT molecular complexity index is 1370. The molecule has 2 heterocycles. The molecule has 0 spiro atoms. The van der Waals surface area contributed by atoms with Gasteiger partial charge in [0.25, 0.3) is 5.56 Å². The van der Waals surface area contributed by atoms with Crippen molar-refractivity contribution in [2.45, 2.75) is 25.8 Å². The summed E-state index contributed by atoms with van der Waals surface area (Å²) in [6.07, 6.45) is 2.78. The smallest absolute Gasteiger partial charge is 0.279 e. The van der Waals surface area contributed by atoms with Gasteiger partial charge in [-0.05, 0) is 54.7 Å². The van der Waals surface area contributed by atoms with Crippen LogP contribution in [-0.4, -0.2) is 9.13 Å². The Balaban J connectivity index is 1.83. The highest BCUT2D eigenvalue weighted by Crippen LogP contribution is 2.35. The molecule has 0 aliphatic heterocycles. The van der Waals surface area contributed by atoms with Crippen LogP contribution in [0.5, 0.6) is 0 Å². The second-order valence-corrected chi connectivity index (χ2v) is 8.61. The third-order valence-corrected chi connectivity index (χ3v) is 7.01. The van der Waals surface area contributed by atoms with Gasteiger partial charge < -0.3 is 0 Å². The zero-order chi connectivity index (χ0) is 20.1. The minimum absolute atomic E-state index is 0.168. The third kappa shape index (κ3) is 2.94. The van der Waals surface area contributed by atoms with Crippen molar-refractivity contribution in [3.05, 3.63) is 96.2 Å². The van der Waals surface area contributed by atoms with Gasteiger partial charge in [-0.3, -0.25) is 9.36 Å². The topological polar surface area (TPSA) is 44.0 Å². The number of aromatic nitrogens is 2. The van der Waals surface area contributed by atoms with Gasteiger partial charge >= 0.3 is 5.69 Å². The number of hydrogen-bond donors (Lipinski definition) is 0. The van der Waals surface area contributed by atoms with Gasteiger partial charge in [0.05, 0.1) is 17.6 Å². The highest BCUT2D eigenvalue weighted by atomic mass is 35.5. The predicted molar refractivity (Wildman–Crippen MR) is 114 cm³/mol. The normalized spacial score (nSPS) is 13.2. The monoisotopic (exact) mass is 426 g/mol. The summed E-state index contributed by atoms with van der Waals surface area (Å²) < 4.78 is 16.3. The van der Waals surface area contributed by atoms with Crippen LogP contribution in [0.2, 0.25) is 5.02 Å². The van der Waals surface area contributed by atoms with Gasteiger partial charge in [-0.25, -0.2) is 13.8 Å². The summed E-state index contributed by atoms with van der Waals surface area (Å²) in [4.78, 5) is 28.6. The highest BCUT2D eigenvalue weighted by molar-refractivity contribution is 7.18. The van der Waals surface area contributed by atoms with Gasteiger partial charge in [0.2, 0.25) is 0 Å². The van der Waals surface area contributed by atoms with E-state index in [0.29, 0.717) is 21.5 Å².